The Hall–Kier alpha value is -1.42. The van der Waals surface area contributed by atoms with E-state index in [1.54, 1.807) is 24.3 Å². The number of halogens is 1. The Morgan fingerprint density at radius 1 is 1.40 bits per heavy atom. The summed E-state index contributed by atoms with van der Waals surface area (Å²) in [6, 6.07) is 5.50. The monoisotopic (exact) mass is 211 g/mol. The smallest absolute Gasteiger partial charge is 0.326 e. The lowest BCUT2D eigenvalue weighted by Gasteiger charge is -2.14. The average Bonchev–Trinajstić information content (AvgIpc) is 2.27. The van der Waals surface area contributed by atoms with E-state index >= 15 is 0 Å². The van der Waals surface area contributed by atoms with Gasteiger partial charge in [0.05, 0.1) is 7.11 Å². The fourth-order valence-corrected chi connectivity index (χ4v) is 1.21. The summed E-state index contributed by atoms with van der Waals surface area (Å²) in [7, 11) is 1.18. The number of carbonyl (C=O) groups excluding carboxylic acids is 1. The molecule has 2 atom stereocenters. The lowest BCUT2D eigenvalue weighted by Crippen LogP contribution is -2.35. The molecule has 0 heterocycles. The first-order valence-electron chi connectivity index (χ1n) is 4.60. The van der Waals surface area contributed by atoms with Crippen LogP contribution in [0.1, 0.15) is 17.3 Å². The fraction of sp³-hybridized carbons (Fsp3) is 0.364. The van der Waals surface area contributed by atoms with Gasteiger partial charge >= 0.3 is 5.97 Å². The number of carbonyl (C=O) groups is 1. The first-order valence-corrected chi connectivity index (χ1v) is 4.60. The summed E-state index contributed by atoms with van der Waals surface area (Å²) in [5.74, 6) is -0.747. The van der Waals surface area contributed by atoms with Crippen LogP contribution in [0.25, 0.3) is 0 Å². The fourth-order valence-electron chi connectivity index (χ4n) is 1.21. The van der Waals surface area contributed by atoms with Crippen LogP contribution in [0.5, 0.6) is 0 Å². The molecule has 1 aromatic carbocycles. The summed E-state index contributed by atoms with van der Waals surface area (Å²) in [5.41, 5.74) is 6.80. The zero-order chi connectivity index (χ0) is 11.4. The second-order valence-electron chi connectivity index (χ2n) is 3.36. The average molecular weight is 211 g/mol. The number of ether oxygens (including phenoxy) is 1. The van der Waals surface area contributed by atoms with E-state index in [0.717, 1.165) is 5.56 Å². The molecule has 0 radical (unpaired) electrons. The summed E-state index contributed by atoms with van der Waals surface area (Å²) in [4.78, 5) is 11.0. The number of alkyl halides is 1. The molecule has 1 rings (SSSR count). The van der Waals surface area contributed by atoms with Crippen molar-refractivity contribution in [3.63, 3.8) is 0 Å². The summed E-state index contributed by atoms with van der Waals surface area (Å²) in [6.07, 6.45) is -1.53. The zero-order valence-corrected chi connectivity index (χ0v) is 8.74. The van der Waals surface area contributed by atoms with Crippen LogP contribution in [-0.2, 0) is 9.53 Å². The van der Waals surface area contributed by atoms with Gasteiger partial charge in [0.15, 0.2) is 6.17 Å². The number of benzene rings is 1. The number of nitrogens with two attached hydrogens (primary N) is 1. The third-order valence-corrected chi connectivity index (χ3v) is 2.18. The van der Waals surface area contributed by atoms with Crippen molar-refractivity contribution in [2.45, 2.75) is 19.1 Å². The largest absolute Gasteiger partial charge is 0.468 e. The van der Waals surface area contributed by atoms with Crippen molar-refractivity contribution in [3.8, 4) is 0 Å². The van der Waals surface area contributed by atoms with Gasteiger partial charge in [0.2, 0.25) is 0 Å². The van der Waals surface area contributed by atoms with Gasteiger partial charge in [-0.25, -0.2) is 4.39 Å². The van der Waals surface area contributed by atoms with Crippen LogP contribution in [0, 0.1) is 6.92 Å². The minimum atomic E-state index is -1.53. The molecule has 1 aromatic rings. The highest BCUT2D eigenvalue weighted by Gasteiger charge is 2.26. The van der Waals surface area contributed by atoms with E-state index in [4.69, 9.17) is 5.73 Å². The van der Waals surface area contributed by atoms with Crippen LogP contribution in [0.3, 0.4) is 0 Å². The van der Waals surface area contributed by atoms with Crippen molar-refractivity contribution in [2.24, 2.45) is 5.73 Å². The Balaban J connectivity index is 2.80. The number of rotatable bonds is 3. The molecule has 82 valence electrons. The van der Waals surface area contributed by atoms with Gasteiger partial charge < -0.3 is 10.5 Å². The van der Waals surface area contributed by atoms with E-state index in [-0.39, 0.29) is 0 Å². The van der Waals surface area contributed by atoms with Crippen LogP contribution in [-0.4, -0.2) is 19.1 Å². The predicted octanol–water partition coefficient (Wildman–Crippen LogP) is 1.51. The highest BCUT2D eigenvalue weighted by atomic mass is 19.1. The molecule has 0 amide bonds. The molecular formula is C11H14FNO2. The predicted molar refractivity (Wildman–Crippen MR) is 55.0 cm³/mol. The SMILES string of the molecule is COC(=O)C(N)C(F)c1ccc(C)cc1. The second-order valence-corrected chi connectivity index (χ2v) is 3.36. The molecule has 0 spiro atoms. The maximum atomic E-state index is 13.7. The quantitative estimate of drug-likeness (QED) is 0.771. The Bertz CT molecular complexity index is 337. The van der Waals surface area contributed by atoms with Crippen LogP contribution in [0.2, 0.25) is 0 Å². The van der Waals surface area contributed by atoms with Gasteiger partial charge in [-0.05, 0) is 12.5 Å². The molecule has 15 heavy (non-hydrogen) atoms. The van der Waals surface area contributed by atoms with E-state index in [9.17, 15) is 9.18 Å². The van der Waals surface area contributed by atoms with Gasteiger partial charge in [-0.15, -0.1) is 0 Å². The van der Waals surface area contributed by atoms with Crippen molar-refractivity contribution >= 4 is 5.97 Å². The van der Waals surface area contributed by atoms with Gasteiger partial charge in [0.1, 0.15) is 6.04 Å². The third-order valence-electron chi connectivity index (χ3n) is 2.18. The molecule has 0 aliphatic rings. The van der Waals surface area contributed by atoms with Crippen LogP contribution in [0.4, 0.5) is 4.39 Å². The summed E-state index contributed by atoms with van der Waals surface area (Å²) >= 11 is 0. The van der Waals surface area contributed by atoms with E-state index in [0.29, 0.717) is 5.56 Å². The molecular weight excluding hydrogens is 197 g/mol. The molecule has 0 saturated carbocycles. The normalized spacial score (nSPS) is 14.4. The number of aryl methyl sites for hydroxylation is 1. The molecule has 0 aromatic heterocycles. The molecule has 0 aliphatic heterocycles. The molecule has 3 nitrogen and oxygen atoms in total. The Morgan fingerprint density at radius 3 is 2.40 bits per heavy atom. The first kappa shape index (κ1) is 11.7. The molecule has 0 fully saturated rings. The number of esters is 1. The van der Waals surface area contributed by atoms with Gasteiger partial charge in [0.25, 0.3) is 0 Å². The minimum Gasteiger partial charge on any atom is -0.468 e. The van der Waals surface area contributed by atoms with Gasteiger partial charge in [-0.2, -0.15) is 0 Å². The standard InChI is InChI=1S/C11H14FNO2/c1-7-3-5-8(6-4-7)9(12)10(13)11(14)15-2/h3-6,9-10H,13H2,1-2H3. The summed E-state index contributed by atoms with van der Waals surface area (Å²) in [6.45, 7) is 1.90. The van der Waals surface area contributed by atoms with Gasteiger partial charge in [-0.1, -0.05) is 29.8 Å². The van der Waals surface area contributed by atoms with Crippen molar-refractivity contribution in [3.05, 3.63) is 35.4 Å². The molecule has 0 aliphatic carbocycles. The van der Waals surface area contributed by atoms with Crippen molar-refractivity contribution in [2.75, 3.05) is 7.11 Å². The van der Waals surface area contributed by atoms with Gasteiger partial charge in [0, 0.05) is 0 Å². The Morgan fingerprint density at radius 2 is 1.93 bits per heavy atom. The van der Waals surface area contributed by atoms with Crippen molar-refractivity contribution in [1.82, 2.24) is 0 Å². The number of hydrogen-bond donors (Lipinski definition) is 1. The maximum Gasteiger partial charge on any atom is 0.326 e. The molecule has 0 saturated heterocycles. The molecule has 2 N–H and O–H groups in total. The molecule has 2 unspecified atom stereocenters. The minimum absolute atomic E-state index is 0.388. The van der Waals surface area contributed by atoms with Crippen LogP contribution >= 0.6 is 0 Å². The maximum absolute atomic E-state index is 13.7. The topological polar surface area (TPSA) is 52.3 Å². The lowest BCUT2D eigenvalue weighted by molar-refractivity contribution is -0.143. The van der Waals surface area contributed by atoms with Crippen molar-refractivity contribution in [1.29, 1.82) is 0 Å². The van der Waals surface area contributed by atoms with Gasteiger partial charge in [-0.3, -0.25) is 4.79 Å². The highest BCUT2D eigenvalue weighted by Crippen LogP contribution is 2.21. The van der Waals surface area contributed by atoms with E-state index < -0.39 is 18.2 Å². The number of hydrogen-bond acceptors (Lipinski definition) is 3. The molecule has 0 bridgehead atoms. The third kappa shape index (κ3) is 2.76. The second kappa shape index (κ2) is 4.89. The van der Waals surface area contributed by atoms with E-state index in [1.807, 2.05) is 6.92 Å². The first-order chi connectivity index (χ1) is 7.06. The van der Waals surface area contributed by atoms with Crippen LogP contribution in [0.15, 0.2) is 24.3 Å². The van der Waals surface area contributed by atoms with E-state index in [2.05, 4.69) is 4.74 Å². The Labute approximate surface area is 88.0 Å². The van der Waals surface area contributed by atoms with Crippen molar-refractivity contribution < 1.29 is 13.9 Å². The number of methoxy groups -OCH3 is 1. The summed E-state index contributed by atoms with van der Waals surface area (Å²) in [5, 5.41) is 0. The highest BCUT2D eigenvalue weighted by molar-refractivity contribution is 5.76. The zero-order valence-electron chi connectivity index (χ0n) is 8.74. The van der Waals surface area contributed by atoms with Crippen LogP contribution < -0.4 is 5.73 Å². The Kier molecular flexibility index (Phi) is 3.80. The molecule has 4 heteroatoms. The summed E-state index contributed by atoms with van der Waals surface area (Å²) < 4.78 is 18.0. The lowest BCUT2D eigenvalue weighted by atomic mass is 10.0. The van der Waals surface area contributed by atoms with E-state index in [1.165, 1.54) is 7.11 Å².